The van der Waals surface area contributed by atoms with Gasteiger partial charge in [-0.25, -0.2) is 0 Å². The van der Waals surface area contributed by atoms with Crippen LogP contribution in [0.3, 0.4) is 0 Å². The van der Waals surface area contributed by atoms with Crippen LogP contribution in [-0.4, -0.2) is 56.0 Å². The van der Waals surface area contributed by atoms with Crippen LogP contribution < -0.4 is 0 Å². The highest BCUT2D eigenvalue weighted by Crippen LogP contribution is 2.40. The van der Waals surface area contributed by atoms with E-state index in [1.807, 2.05) is 35.1 Å². The molecule has 4 heterocycles. The van der Waals surface area contributed by atoms with Gasteiger partial charge in [-0.2, -0.15) is 5.10 Å². The second kappa shape index (κ2) is 7.73. The second-order valence-electron chi connectivity index (χ2n) is 7.94. The molecule has 4 rings (SSSR count). The number of amides is 2. The van der Waals surface area contributed by atoms with Crippen LogP contribution in [0.25, 0.3) is 0 Å². The molecule has 0 aliphatic carbocycles. The minimum atomic E-state index is 0.0632. The zero-order valence-electron chi connectivity index (χ0n) is 16.4. The first-order valence-electron chi connectivity index (χ1n) is 10.1. The molecule has 0 unspecified atom stereocenters. The van der Waals surface area contributed by atoms with Gasteiger partial charge in [0.05, 0.1) is 0 Å². The Balaban J connectivity index is 1.40. The number of rotatable bonds is 4. The maximum atomic E-state index is 12.9. The molecule has 7 heteroatoms. The van der Waals surface area contributed by atoms with Gasteiger partial charge in [0.15, 0.2) is 0 Å². The first-order chi connectivity index (χ1) is 13.6. The van der Waals surface area contributed by atoms with Gasteiger partial charge in [-0.3, -0.25) is 19.3 Å². The van der Waals surface area contributed by atoms with Gasteiger partial charge in [-0.1, -0.05) is 6.07 Å². The fraction of sp³-hybridized carbons (Fsp3) is 0.524. The summed E-state index contributed by atoms with van der Waals surface area (Å²) in [6, 6.07) is 5.72. The Labute approximate surface area is 165 Å². The number of aryl methyl sites for hydroxylation is 1. The van der Waals surface area contributed by atoms with Crippen LogP contribution in [-0.2, 0) is 17.9 Å². The molecule has 0 radical (unpaired) electrons. The molecule has 0 saturated carbocycles. The van der Waals surface area contributed by atoms with E-state index in [0.717, 1.165) is 44.5 Å². The predicted molar refractivity (Wildman–Crippen MR) is 104 cm³/mol. The summed E-state index contributed by atoms with van der Waals surface area (Å²) < 4.78 is 1.75. The summed E-state index contributed by atoms with van der Waals surface area (Å²) in [5.41, 5.74) is 1.85. The Kier molecular flexibility index (Phi) is 5.15. The summed E-state index contributed by atoms with van der Waals surface area (Å²) in [5.74, 6) is 0.285. The van der Waals surface area contributed by atoms with Crippen molar-refractivity contribution < 1.29 is 9.59 Å². The Morgan fingerprint density at radius 3 is 2.71 bits per heavy atom. The first-order valence-corrected chi connectivity index (χ1v) is 10.1. The maximum absolute atomic E-state index is 12.9. The lowest BCUT2D eigenvalue weighted by Crippen LogP contribution is -2.52. The number of aromatic nitrogens is 3. The summed E-state index contributed by atoms with van der Waals surface area (Å²) >= 11 is 0. The Morgan fingerprint density at radius 2 is 2.00 bits per heavy atom. The highest BCUT2D eigenvalue weighted by atomic mass is 16.2. The minimum absolute atomic E-state index is 0.0632. The van der Waals surface area contributed by atoms with Gasteiger partial charge < -0.3 is 9.80 Å². The van der Waals surface area contributed by atoms with Crippen molar-refractivity contribution in [2.75, 3.05) is 19.6 Å². The SMILES string of the molecule is CCn1nccc1C(=O)N1CCC2(CCC(=O)N(Cc3cccnc3)C2)CC1. The molecule has 148 valence electrons. The average molecular weight is 381 g/mol. The molecule has 0 atom stereocenters. The van der Waals surface area contributed by atoms with E-state index in [2.05, 4.69) is 10.1 Å². The molecule has 2 aliphatic rings. The van der Waals surface area contributed by atoms with Crippen molar-refractivity contribution in [2.45, 2.75) is 45.7 Å². The lowest BCUT2D eigenvalue weighted by molar-refractivity contribution is -0.139. The Morgan fingerprint density at radius 1 is 1.18 bits per heavy atom. The molecule has 2 amide bonds. The molecule has 0 bridgehead atoms. The molecule has 7 nitrogen and oxygen atoms in total. The fourth-order valence-electron chi connectivity index (χ4n) is 4.48. The van der Waals surface area contributed by atoms with Crippen LogP contribution in [0.1, 0.15) is 48.7 Å². The van der Waals surface area contributed by atoms with Crippen molar-refractivity contribution >= 4 is 11.8 Å². The van der Waals surface area contributed by atoms with Gasteiger partial charge in [0.1, 0.15) is 5.69 Å². The van der Waals surface area contributed by atoms with Crippen molar-refractivity contribution in [3.05, 3.63) is 48.0 Å². The molecule has 0 N–H and O–H groups in total. The fourth-order valence-corrected chi connectivity index (χ4v) is 4.48. The van der Waals surface area contributed by atoms with Crippen molar-refractivity contribution in [2.24, 2.45) is 5.41 Å². The van der Waals surface area contributed by atoms with Gasteiger partial charge in [-0.05, 0) is 49.3 Å². The van der Waals surface area contributed by atoms with Crippen LogP contribution in [0.15, 0.2) is 36.8 Å². The number of piperidine rings is 2. The Hall–Kier alpha value is -2.70. The highest BCUT2D eigenvalue weighted by Gasteiger charge is 2.42. The number of hydrogen-bond donors (Lipinski definition) is 0. The van der Waals surface area contributed by atoms with Gasteiger partial charge >= 0.3 is 0 Å². The largest absolute Gasteiger partial charge is 0.338 e. The van der Waals surface area contributed by atoms with Crippen molar-refractivity contribution in [3.63, 3.8) is 0 Å². The van der Waals surface area contributed by atoms with E-state index >= 15 is 0 Å². The van der Waals surface area contributed by atoms with Crippen LogP contribution >= 0.6 is 0 Å². The zero-order chi connectivity index (χ0) is 19.6. The summed E-state index contributed by atoms with van der Waals surface area (Å²) in [4.78, 5) is 33.4. The van der Waals surface area contributed by atoms with Crippen molar-refractivity contribution in [1.82, 2.24) is 24.6 Å². The summed E-state index contributed by atoms with van der Waals surface area (Å²) in [5, 5.41) is 4.21. The summed E-state index contributed by atoms with van der Waals surface area (Å²) in [6.07, 6.45) is 8.66. The van der Waals surface area contributed by atoms with Crippen LogP contribution in [0, 0.1) is 5.41 Å². The quantitative estimate of drug-likeness (QED) is 0.815. The minimum Gasteiger partial charge on any atom is -0.338 e. The number of pyridine rings is 1. The number of carbonyl (C=O) groups excluding carboxylic acids is 2. The standard InChI is InChI=1S/C21H27N5O2/c1-2-26-18(6-11-23-26)20(28)24-12-8-21(9-13-24)7-5-19(27)25(16-21)15-17-4-3-10-22-14-17/h3-4,6,10-11,14H,2,5,7-9,12-13,15-16H2,1H3. The molecular weight excluding hydrogens is 354 g/mol. The number of carbonyl (C=O) groups is 2. The molecule has 2 fully saturated rings. The van der Waals surface area contributed by atoms with Gasteiger partial charge in [0.2, 0.25) is 5.91 Å². The van der Waals surface area contributed by atoms with Crippen LogP contribution in [0.2, 0.25) is 0 Å². The Bertz CT molecular complexity index is 839. The molecular formula is C21H27N5O2. The lowest BCUT2D eigenvalue weighted by Gasteiger charge is -2.47. The highest BCUT2D eigenvalue weighted by molar-refractivity contribution is 5.92. The maximum Gasteiger partial charge on any atom is 0.272 e. The molecule has 1 spiro atoms. The topological polar surface area (TPSA) is 71.3 Å². The smallest absolute Gasteiger partial charge is 0.272 e. The molecule has 28 heavy (non-hydrogen) atoms. The molecule has 2 aromatic rings. The number of nitrogens with zero attached hydrogens (tertiary/aromatic N) is 5. The molecule has 2 aromatic heterocycles. The average Bonchev–Trinajstić information content (AvgIpc) is 3.21. The van der Waals surface area contributed by atoms with E-state index in [9.17, 15) is 9.59 Å². The number of hydrogen-bond acceptors (Lipinski definition) is 4. The van der Waals surface area contributed by atoms with E-state index in [0.29, 0.717) is 25.2 Å². The van der Waals surface area contributed by atoms with E-state index in [4.69, 9.17) is 0 Å². The third-order valence-corrected chi connectivity index (χ3v) is 6.19. The zero-order valence-corrected chi connectivity index (χ0v) is 16.4. The van der Waals surface area contributed by atoms with Gasteiger partial charge in [0, 0.05) is 57.7 Å². The van der Waals surface area contributed by atoms with E-state index < -0.39 is 0 Å². The van der Waals surface area contributed by atoms with E-state index in [1.54, 1.807) is 23.1 Å². The van der Waals surface area contributed by atoms with E-state index in [-0.39, 0.29) is 17.2 Å². The summed E-state index contributed by atoms with van der Waals surface area (Å²) in [7, 11) is 0. The van der Waals surface area contributed by atoms with Gasteiger partial charge in [0.25, 0.3) is 5.91 Å². The van der Waals surface area contributed by atoms with Crippen LogP contribution in [0.5, 0.6) is 0 Å². The molecule has 0 aromatic carbocycles. The third kappa shape index (κ3) is 3.66. The predicted octanol–water partition coefficient (Wildman–Crippen LogP) is 2.34. The van der Waals surface area contributed by atoms with Crippen LogP contribution in [0.4, 0.5) is 0 Å². The monoisotopic (exact) mass is 381 g/mol. The second-order valence-corrected chi connectivity index (χ2v) is 7.94. The molecule has 2 aliphatic heterocycles. The number of likely N-dealkylation sites (tertiary alicyclic amines) is 2. The van der Waals surface area contributed by atoms with E-state index in [1.165, 1.54) is 0 Å². The van der Waals surface area contributed by atoms with Crippen molar-refractivity contribution in [1.29, 1.82) is 0 Å². The van der Waals surface area contributed by atoms with Gasteiger partial charge in [-0.15, -0.1) is 0 Å². The lowest BCUT2D eigenvalue weighted by atomic mass is 9.72. The molecule has 2 saturated heterocycles. The first kappa shape index (κ1) is 18.7. The summed E-state index contributed by atoms with van der Waals surface area (Å²) in [6.45, 7) is 5.55. The normalized spacial score (nSPS) is 19.2. The third-order valence-electron chi connectivity index (χ3n) is 6.19. The van der Waals surface area contributed by atoms with Crippen molar-refractivity contribution in [3.8, 4) is 0 Å².